The van der Waals surface area contributed by atoms with E-state index in [4.69, 9.17) is 10.5 Å². The Hall–Kier alpha value is -1.22. The molecule has 0 aromatic heterocycles. The first-order valence-electron chi connectivity index (χ1n) is 7.52. The van der Waals surface area contributed by atoms with E-state index in [2.05, 4.69) is 11.8 Å². The van der Waals surface area contributed by atoms with Gasteiger partial charge in [0.25, 0.3) is 0 Å². The fourth-order valence-corrected chi connectivity index (χ4v) is 2.34. The van der Waals surface area contributed by atoms with Gasteiger partial charge in [-0.3, -0.25) is 0 Å². The second-order valence-electron chi connectivity index (χ2n) is 5.36. The van der Waals surface area contributed by atoms with Crippen molar-refractivity contribution in [3.05, 3.63) is 24.3 Å². The van der Waals surface area contributed by atoms with Gasteiger partial charge in [0.15, 0.2) is 0 Å². The summed E-state index contributed by atoms with van der Waals surface area (Å²) in [5.74, 6) is 0.814. The van der Waals surface area contributed by atoms with E-state index in [1.807, 2.05) is 24.3 Å². The van der Waals surface area contributed by atoms with E-state index in [1.54, 1.807) is 0 Å². The first kappa shape index (κ1) is 14.2. The first-order chi connectivity index (χ1) is 9.31. The van der Waals surface area contributed by atoms with Crippen molar-refractivity contribution in [1.82, 2.24) is 4.90 Å². The van der Waals surface area contributed by atoms with Gasteiger partial charge in [-0.2, -0.15) is 0 Å². The van der Waals surface area contributed by atoms with Crippen molar-refractivity contribution in [2.75, 3.05) is 25.4 Å². The van der Waals surface area contributed by atoms with Gasteiger partial charge >= 0.3 is 0 Å². The molecule has 0 radical (unpaired) electrons. The van der Waals surface area contributed by atoms with Crippen LogP contribution in [0.15, 0.2) is 24.3 Å². The molecule has 1 aliphatic carbocycles. The molecule has 106 valence electrons. The maximum Gasteiger partial charge on any atom is 0.142 e. The van der Waals surface area contributed by atoms with Gasteiger partial charge in [0, 0.05) is 12.6 Å². The van der Waals surface area contributed by atoms with Crippen molar-refractivity contribution < 1.29 is 4.74 Å². The topological polar surface area (TPSA) is 38.5 Å². The minimum Gasteiger partial charge on any atom is -0.491 e. The monoisotopic (exact) mass is 262 g/mol. The first-order valence-corrected chi connectivity index (χ1v) is 7.52. The Morgan fingerprint density at radius 1 is 1.21 bits per heavy atom. The fraction of sp³-hybridized carbons (Fsp3) is 0.625. The molecule has 0 bridgehead atoms. The molecule has 1 aromatic carbocycles. The van der Waals surface area contributed by atoms with Crippen molar-refractivity contribution in [1.29, 1.82) is 0 Å². The van der Waals surface area contributed by atoms with E-state index in [1.165, 1.54) is 32.2 Å². The van der Waals surface area contributed by atoms with E-state index in [0.717, 1.165) is 37.1 Å². The van der Waals surface area contributed by atoms with E-state index in [-0.39, 0.29) is 0 Å². The van der Waals surface area contributed by atoms with Gasteiger partial charge < -0.3 is 15.4 Å². The lowest BCUT2D eigenvalue weighted by Crippen LogP contribution is -2.29. The molecule has 0 atom stereocenters. The van der Waals surface area contributed by atoms with Crippen molar-refractivity contribution in [3.63, 3.8) is 0 Å². The molecule has 19 heavy (non-hydrogen) atoms. The SMILES string of the molecule is CCCCN(CCCOc1ccccc1N)C1CC1. The summed E-state index contributed by atoms with van der Waals surface area (Å²) in [5.41, 5.74) is 6.58. The third kappa shape index (κ3) is 4.75. The Labute approximate surface area is 116 Å². The van der Waals surface area contributed by atoms with Crippen LogP contribution in [0.5, 0.6) is 5.75 Å². The van der Waals surface area contributed by atoms with Gasteiger partial charge in [-0.1, -0.05) is 25.5 Å². The van der Waals surface area contributed by atoms with Gasteiger partial charge in [0.2, 0.25) is 0 Å². The Morgan fingerprint density at radius 3 is 2.63 bits per heavy atom. The van der Waals surface area contributed by atoms with Crippen LogP contribution in [0.2, 0.25) is 0 Å². The van der Waals surface area contributed by atoms with Crippen LogP contribution < -0.4 is 10.5 Å². The Balaban J connectivity index is 1.66. The molecule has 1 aliphatic rings. The highest BCUT2D eigenvalue weighted by molar-refractivity contribution is 5.51. The number of nitrogens with zero attached hydrogens (tertiary/aromatic N) is 1. The van der Waals surface area contributed by atoms with Crippen molar-refractivity contribution in [3.8, 4) is 5.75 Å². The van der Waals surface area contributed by atoms with E-state index >= 15 is 0 Å². The molecule has 3 nitrogen and oxygen atoms in total. The zero-order valence-electron chi connectivity index (χ0n) is 12.0. The summed E-state index contributed by atoms with van der Waals surface area (Å²) in [6.45, 7) is 5.40. The lowest BCUT2D eigenvalue weighted by molar-refractivity contribution is 0.225. The Morgan fingerprint density at radius 2 is 1.95 bits per heavy atom. The number of anilines is 1. The molecule has 1 fully saturated rings. The number of nitrogens with two attached hydrogens (primary N) is 1. The van der Waals surface area contributed by atoms with Gasteiger partial charge in [0.1, 0.15) is 5.75 Å². The predicted molar refractivity (Wildman–Crippen MR) is 80.5 cm³/mol. The maximum absolute atomic E-state index is 5.85. The second-order valence-corrected chi connectivity index (χ2v) is 5.36. The smallest absolute Gasteiger partial charge is 0.142 e. The van der Waals surface area contributed by atoms with Crippen LogP contribution in [0.25, 0.3) is 0 Å². The largest absolute Gasteiger partial charge is 0.491 e. The minimum absolute atomic E-state index is 0.729. The third-order valence-electron chi connectivity index (χ3n) is 3.63. The molecule has 0 heterocycles. The van der Waals surface area contributed by atoms with Gasteiger partial charge in [-0.25, -0.2) is 0 Å². The van der Waals surface area contributed by atoms with Crippen LogP contribution in [-0.4, -0.2) is 30.6 Å². The van der Waals surface area contributed by atoms with Gasteiger partial charge in [0.05, 0.1) is 12.3 Å². The Bertz CT molecular complexity index is 377. The number of nitrogen functional groups attached to an aromatic ring is 1. The zero-order chi connectivity index (χ0) is 13.5. The average Bonchev–Trinajstić information content (AvgIpc) is 3.24. The molecule has 2 rings (SSSR count). The highest BCUT2D eigenvalue weighted by atomic mass is 16.5. The molecule has 1 aromatic rings. The van der Waals surface area contributed by atoms with Crippen molar-refractivity contribution in [2.24, 2.45) is 0 Å². The number of hydrogen-bond donors (Lipinski definition) is 1. The number of para-hydroxylation sites is 2. The molecular weight excluding hydrogens is 236 g/mol. The summed E-state index contributed by atoms with van der Waals surface area (Å²) in [7, 11) is 0. The summed E-state index contributed by atoms with van der Waals surface area (Å²) in [6, 6.07) is 8.57. The minimum atomic E-state index is 0.729. The zero-order valence-corrected chi connectivity index (χ0v) is 12.0. The molecule has 0 amide bonds. The number of unbranched alkanes of at least 4 members (excludes halogenated alkanes) is 1. The molecule has 0 unspecified atom stereocenters. The molecule has 0 spiro atoms. The average molecular weight is 262 g/mol. The van der Waals surface area contributed by atoms with Crippen LogP contribution >= 0.6 is 0 Å². The van der Waals surface area contributed by atoms with E-state index in [0.29, 0.717) is 0 Å². The highest BCUT2D eigenvalue weighted by Gasteiger charge is 2.27. The normalized spacial score (nSPS) is 14.8. The molecule has 1 saturated carbocycles. The number of benzene rings is 1. The van der Waals surface area contributed by atoms with Gasteiger partial charge in [-0.15, -0.1) is 0 Å². The van der Waals surface area contributed by atoms with Crippen molar-refractivity contribution >= 4 is 5.69 Å². The maximum atomic E-state index is 5.85. The third-order valence-corrected chi connectivity index (χ3v) is 3.63. The predicted octanol–water partition coefficient (Wildman–Crippen LogP) is 3.30. The lowest BCUT2D eigenvalue weighted by Gasteiger charge is -2.21. The Kier molecular flexibility index (Phi) is 5.52. The number of ether oxygens (including phenoxy) is 1. The summed E-state index contributed by atoms with van der Waals surface area (Å²) in [4.78, 5) is 2.63. The summed E-state index contributed by atoms with van der Waals surface area (Å²) < 4.78 is 5.74. The summed E-state index contributed by atoms with van der Waals surface area (Å²) >= 11 is 0. The van der Waals surface area contributed by atoms with Crippen LogP contribution in [0.4, 0.5) is 5.69 Å². The highest BCUT2D eigenvalue weighted by Crippen LogP contribution is 2.27. The summed E-state index contributed by atoms with van der Waals surface area (Å²) in [5, 5.41) is 0. The number of rotatable bonds is 9. The molecule has 2 N–H and O–H groups in total. The molecule has 0 aliphatic heterocycles. The lowest BCUT2D eigenvalue weighted by atomic mass is 10.3. The van der Waals surface area contributed by atoms with Gasteiger partial charge in [-0.05, 0) is 44.4 Å². The van der Waals surface area contributed by atoms with E-state index < -0.39 is 0 Å². The van der Waals surface area contributed by atoms with Crippen LogP contribution in [-0.2, 0) is 0 Å². The van der Waals surface area contributed by atoms with Crippen molar-refractivity contribution in [2.45, 2.75) is 45.1 Å². The quantitative estimate of drug-likeness (QED) is 0.548. The second kappa shape index (κ2) is 7.39. The standard InChI is InChI=1S/C16H26N2O/c1-2-3-11-18(14-9-10-14)12-6-13-19-16-8-5-4-7-15(16)17/h4-5,7-8,14H,2-3,6,9-13,17H2,1H3. The van der Waals surface area contributed by atoms with E-state index in [9.17, 15) is 0 Å². The summed E-state index contributed by atoms with van der Waals surface area (Å²) in [6.07, 6.45) is 6.43. The van der Waals surface area contributed by atoms with Crippen LogP contribution in [0.1, 0.15) is 39.0 Å². The molecule has 3 heteroatoms. The fourth-order valence-electron chi connectivity index (χ4n) is 2.34. The molecule has 0 saturated heterocycles. The molecular formula is C16H26N2O. The van der Waals surface area contributed by atoms with Crippen LogP contribution in [0.3, 0.4) is 0 Å². The number of hydrogen-bond acceptors (Lipinski definition) is 3. The van der Waals surface area contributed by atoms with Crippen LogP contribution in [0, 0.1) is 0 Å².